The van der Waals surface area contributed by atoms with E-state index in [0.717, 1.165) is 44.3 Å². The fourth-order valence-electron chi connectivity index (χ4n) is 2.57. The van der Waals surface area contributed by atoms with E-state index in [1.165, 1.54) is 0 Å². The van der Waals surface area contributed by atoms with Crippen LogP contribution >= 0.6 is 11.6 Å². The number of hydrogen-bond donors (Lipinski definition) is 2. The fraction of sp³-hybridized carbons (Fsp3) is 0.625. The predicted molar refractivity (Wildman–Crippen MR) is 83.9 cm³/mol. The maximum absolute atomic E-state index is 10.3. The van der Waals surface area contributed by atoms with Crippen LogP contribution in [0.15, 0.2) is 18.2 Å². The highest BCUT2D eigenvalue weighted by Crippen LogP contribution is 2.32. The molecule has 0 radical (unpaired) electrons. The second-order valence-electron chi connectivity index (χ2n) is 5.65. The molecule has 1 saturated carbocycles. The van der Waals surface area contributed by atoms with Gasteiger partial charge in [0, 0.05) is 20.2 Å². The van der Waals surface area contributed by atoms with Gasteiger partial charge in [-0.1, -0.05) is 30.5 Å². The van der Waals surface area contributed by atoms with Crippen molar-refractivity contribution >= 4 is 11.6 Å². The molecule has 2 N–H and O–H groups in total. The van der Waals surface area contributed by atoms with Crippen molar-refractivity contribution in [3.63, 3.8) is 0 Å². The van der Waals surface area contributed by atoms with Gasteiger partial charge in [0.1, 0.15) is 12.4 Å². The van der Waals surface area contributed by atoms with Crippen molar-refractivity contribution in [1.29, 1.82) is 0 Å². The summed E-state index contributed by atoms with van der Waals surface area (Å²) < 4.78 is 10.7. The van der Waals surface area contributed by atoms with Crippen molar-refractivity contribution in [2.75, 3.05) is 26.9 Å². The third-order valence-electron chi connectivity index (χ3n) is 3.84. The monoisotopic (exact) mass is 313 g/mol. The van der Waals surface area contributed by atoms with Crippen LogP contribution in [0.4, 0.5) is 0 Å². The molecule has 0 atom stereocenters. The summed E-state index contributed by atoms with van der Waals surface area (Å²) in [5.74, 6) is 0.637. The van der Waals surface area contributed by atoms with Crippen LogP contribution in [0.3, 0.4) is 0 Å². The summed E-state index contributed by atoms with van der Waals surface area (Å²) in [6, 6.07) is 5.75. The maximum atomic E-state index is 10.3. The second-order valence-corrected chi connectivity index (χ2v) is 6.06. The highest BCUT2D eigenvalue weighted by molar-refractivity contribution is 6.32. The van der Waals surface area contributed by atoms with Gasteiger partial charge in [0.25, 0.3) is 0 Å². The van der Waals surface area contributed by atoms with Crippen molar-refractivity contribution < 1.29 is 14.6 Å². The molecule has 5 heteroatoms. The number of ether oxygens (including phenoxy) is 2. The molecule has 0 aliphatic heterocycles. The van der Waals surface area contributed by atoms with Gasteiger partial charge < -0.3 is 19.9 Å². The van der Waals surface area contributed by atoms with Gasteiger partial charge in [0.2, 0.25) is 0 Å². The van der Waals surface area contributed by atoms with Gasteiger partial charge in [-0.3, -0.25) is 0 Å². The largest absolute Gasteiger partial charge is 0.489 e. The van der Waals surface area contributed by atoms with Gasteiger partial charge in [-0.05, 0) is 30.5 Å². The quantitative estimate of drug-likeness (QED) is 0.725. The SMILES string of the molecule is COCCNCc1ccc(OCC2(O)CCCC2)c(Cl)c1. The first kappa shape index (κ1) is 16.6. The third-order valence-corrected chi connectivity index (χ3v) is 4.13. The number of methoxy groups -OCH3 is 1. The number of hydrogen-bond acceptors (Lipinski definition) is 4. The Labute approximate surface area is 131 Å². The molecule has 118 valence electrons. The second kappa shape index (κ2) is 7.99. The van der Waals surface area contributed by atoms with E-state index in [-0.39, 0.29) is 0 Å². The normalized spacial score (nSPS) is 17.1. The van der Waals surface area contributed by atoms with Crippen LogP contribution < -0.4 is 10.1 Å². The van der Waals surface area contributed by atoms with E-state index >= 15 is 0 Å². The summed E-state index contributed by atoms with van der Waals surface area (Å²) in [4.78, 5) is 0. The van der Waals surface area contributed by atoms with Crippen LogP contribution in [0.2, 0.25) is 5.02 Å². The van der Waals surface area contributed by atoms with E-state index in [4.69, 9.17) is 21.1 Å². The van der Waals surface area contributed by atoms with Crippen molar-refractivity contribution in [2.45, 2.75) is 37.8 Å². The molecule has 0 heterocycles. The molecule has 1 aliphatic carbocycles. The molecule has 21 heavy (non-hydrogen) atoms. The van der Waals surface area contributed by atoms with Gasteiger partial charge in [0.15, 0.2) is 0 Å². The summed E-state index contributed by atoms with van der Waals surface area (Å²) in [5, 5.41) is 14.1. The Morgan fingerprint density at radius 1 is 1.33 bits per heavy atom. The lowest BCUT2D eigenvalue weighted by molar-refractivity contribution is 0.00144. The highest BCUT2D eigenvalue weighted by atomic mass is 35.5. The minimum absolute atomic E-state index is 0.318. The van der Waals surface area contributed by atoms with Gasteiger partial charge in [0.05, 0.1) is 17.2 Å². The van der Waals surface area contributed by atoms with Crippen LogP contribution in [0, 0.1) is 0 Å². The average Bonchev–Trinajstić information content (AvgIpc) is 2.90. The number of aliphatic hydroxyl groups is 1. The van der Waals surface area contributed by atoms with Crippen molar-refractivity contribution in [2.24, 2.45) is 0 Å². The zero-order chi connectivity index (χ0) is 15.1. The van der Waals surface area contributed by atoms with Crippen molar-refractivity contribution in [1.82, 2.24) is 5.32 Å². The molecule has 1 fully saturated rings. The smallest absolute Gasteiger partial charge is 0.138 e. The minimum Gasteiger partial charge on any atom is -0.489 e. The van der Waals surface area contributed by atoms with E-state index in [2.05, 4.69) is 5.32 Å². The molecule has 1 aromatic rings. The standard InChI is InChI=1S/C16H24ClNO3/c1-20-9-8-18-11-13-4-5-15(14(17)10-13)21-12-16(19)6-2-3-7-16/h4-5,10,18-19H,2-3,6-9,11-12H2,1H3. The summed E-state index contributed by atoms with van der Waals surface area (Å²) in [5.41, 5.74) is 0.423. The van der Waals surface area contributed by atoms with E-state index < -0.39 is 5.60 Å². The summed E-state index contributed by atoms with van der Waals surface area (Å²) in [6.45, 7) is 2.55. The van der Waals surface area contributed by atoms with Crippen LogP contribution in [0.5, 0.6) is 5.75 Å². The van der Waals surface area contributed by atoms with Gasteiger partial charge in [-0.2, -0.15) is 0 Å². The van der Waals surface area contributed by atoms with Gasteiger partial charge in [-0.25, -0.2) is 0 Å². The van der Waals surface area contributed by atoms with Crippen LogP contribution in [-0.2, 0) is 11.3 Å². The van der Waals surface area contributed by atoms with Crippen LogP contribution in [0.25, 0.3) is 0 Å². The number of nitrogens with one attached hydrogen (secondary N) is 1. The predicted octanol–water partition coefficient (Wildman–Crippen LogP) is 2.76. The molecule has 0 spiro atoms. The molecule has 0 amide bonds. The highest BCUT2D eigenvalue weighted by Gasteiger charge is 2.32. The molecule has 4 nitrogen and oxygen atoms in total. The van der Waals surface area contributed by atoms with E-state index in [0.29, 0.717) is 24.0 Å². The zero-order valence-corrected chi connectivity index (χ0v) is 13.3. The lowest BCUT2D eigenvalue weighted by atomic mass is 10.0. The Kier molecular flexibility index (Phi) is 6.30. The van der Waals surface area contributed by atoms with E-state index in [1.807, 2.05) is 18.2 Å². The maximum Gasteiger partial charge on any atom is 0.138 e. The van der Waals surface area contributed by atoms with Crippen molar-refractivity contribution in [3.8, 4) is 5.75 Å². The Hall–Kier alpha value is -0.810. The van der Waals surface area contributed by atoms with Crippen LogP contribution in [0.1, 0.15) is 31.2 Å². The Morgan fingerprint density at radius 3 is 2.76 bits per heavy atom. The van der Waals surface area contributed by atoms with E-state index in [1.54, 1.807) is 7.11 Å². The molecule has 0 aromatic heterocycles. The first-order valence-corrected chi connectivity index (χ1v) is 7.84. The topological polar surface area (TPSA) is 50.7 Å². The molecule has 0 saturated heterocycles. The number of benzene rings is 1. The summed E-state index contributed by atoms with van der Waals surface area (Å²) in [6.07, 6.45) is 3.76. The fourth-order valence-corrected chi connectivity index (χ4v) is 2.83. The first-order chi connectivity index (χ1) is 10.1. The minimum atomic E-state index is -0.677. The molecular weight excluding hydrogens is 290 g/mol. The van der Waals surface area contributed by atoms with Gasteiger partial charge >= 0.3 is 0 Å². The molecule has 1 aromatic carbocycles. The third kappa shape index (κ3) is 5.15. The molecule has 2 rings (SSSR count). The Bertz CT molecular complexity index is 447. The Balaban J connectivity index is 1.84. The molecule has 0 bridgehead atoms. The zero-order valence-electron chi connectivity index (χ0n) is 12.5. The molecular formula is C16H24ClNO3. The summed E-state index contributed by atoms with van der Waals surface area (Å²) in [7, 11) is 1.68. The average molecular weight is 314 g/mol. The van der Waals surface area contributed by atoms with E-state index in [9.17, 15) is 5.11 Å². The summed E-state index contributed by atoms with van der Waals surface area (Å²) >= 11 is 6.24. The van der Waals surface area contributed by atoms with Crippen LogP contribution in [-0.4, -0.2) is 37.6 Å². The number of halogens is 1. The molecule has 1 aliphatic rings. The lowest BCUT2D eigenvalue weighted by Gasteiger charge is -2.22. The Morgan fingerprint density at radius 2 is 2.10 bits per heavy atom. The van der Waals surface area contributed by atoms with Crippen molar-refractivity contribution in [3.05, 3.63) is 28.8 Å². The van der Waals surface area contributed by atoms with Gasteiger partial charge in [-0.15, -0.1) is 0 Å². The first-order valence-electron chi connectivity index (χ1n) is 7.46. The lowest BCUT2D eigenvalue weighted by Crippen LogP contribution is -2.32. The molecule has 0 unspecified atom stereocenters. The number of rotatable bonds is 8.